The van der Waals surface area contributed by atoms with Crippen LogP contribution in [-0.4, -0.2) is 96.7 Å². The number of carbonyl (C=O) groups excluding carboxylic acids is 2. The zero-order valence-electron chi connectivity index (χ0n) is 27.0. The van der Waals surface area contributed by atoms with Crippen LogP contribution < -0.4 is 0 Å². The van der Waals surface area contributed by atoms with Crippen molar-refractivity contribution in [2.45, 2.75) is 75.5 Å². The first-order chi connectivity index (χ1) is 23.0. The number of imidazole rings is 2. The third-order valence-electron chi connectivity index (χ3n) is 10.7. The van der Waals surface area contributed by atoms with Crippen molar-refractivity contribution in [2.75, 3.05) is 33.2 Å². The number of amides is 2. The Morgan fingerprint density at radius 1 is 0.745 bits per heavy atom. The van der Waals surface area contributed by atoms with Gasteiger partial charge in [-0.3, -0.25) is 14.5 Å². The number of fused-ring (bicyclic) bond motifs is 2. The summed E-state index contributed by atoms with van der Waals surface area (Å²) < 4.78 is 0. The van der Waals surface area contributed by atoms with Gasteiger partial charge in [-0.1, -0.05) is 18.4 Å². The molecule has 2 amide bonds. The number of likely N-dealkylation sites (tertiary alicyclic amines) is 4. The molecule has 4 saturated heterocycles. The van der Waals surface area contributed by atoms with E-state index in [4.69, 9.17) is 9.97 Å². The third-order valence-corrected chi connectivity index (χ3v) is 10.7. The molecule has 2 aromatic heterocycles. The zero-order chi connectivity index (χ0) is 32.1. The number of hydrogen-bond acceptors (Lipinski definition) is 6. The topological polar surface area (TPSA) is 104 Å². The molecule has 4 aromatic rings. The Morgan fingerprint density at radius 2 is 1.26 bits per heavy atom. The first kappa shape index (κ1) is 29.8. The van der Waals surface area contributed by atoms with Gasteiger partial charge in [-0.25, -0.2) is 9.97 Å². The quantitative estimate of drug-likeness (QED) is 0.305. The van der Waals surface area contributed by atoms with Crippen LogP contribution in [0.25, 0.3) is 22.1 Å². The standard InChI is InChI=1S/C37H42N8O2/c1-3-43-19-5-11-33(43)37(47)45-21-7-9-31(45)35-39-27-17-15-25(23-29(27)41-35)13-12-24-14-16-26-28(22-24)40-34(38-26)30-8-6-20-44(30)36(46)32-10-4-18-42(32)2/h3,14-17,22-23,30-33H,1,4-11,18-21H2,2H3,(H,38,40)(H,39,41)/t30-,31?,32-,33-/m0/s1. The number of H-pyrrole nitrogens is 2. The molecule has 4 aliphatic rings. The van der Waals surface area contributed by atoms with Crippen molar-refractivity contribution >= 4 is 33.9 Å². The van der Waals surface area contributed by atoms with Gasteiger partial charge in [0.1, 0.15) is 17.7 Å². The molecule has 0 aliphatic carbocycles. The summed E-state index contributed by atoms with van der Waals surface area (Å²) in [5.41, 5.74) is 5.41. The molecule has 0 radical (unpaired) electrons. The van der Waals surface area contributed by atoms with Crippen LogP contribution in [0, 0.1) is 11.8 Å². The van der Waals surface area contributed by atoms with Gasteiger partial charge in [-0.15, -0.1) is 0 Å². The molecule has 1 unspecified atom stereocenters. The van der Waals surface area contributed by atoms with Crippen LogP contribution in [0.1, 0.15) is 86.2 Å². The Morgan fingerprint density at radius 3 is 1.79 bits per heavy atom. The molecular weight excluding hydrogens is 588 g/mol. The molecule has 2 N–H and O–H groups in total. The van der Waals surface area contributed by atoms with Crippen molar-refractivity contribution in [2.24, 2.45) is 0 Å². The second kappa shape index (κ2) is 12.2. The number of likely N-dealkylation sites (N-methyl/N-ethyl adjacent to an activating group) is 1. The Hall–Kier alpha value is -4.62. The van der Waals surface area contributed by atoms with E-state index in [1.807, 2.05) is 46.2 Å². The minimum absolute atomic E-state index is 0.0107. The normalized spacial score (nSPS) is 24.8. The maximum absolute atomic E-state index is 13.5. The van der Waals surface area contributed by atoms with E-state index < -0.39 is 0 Å². The van der Waals surface area contributed by atoms with E-state index >= 15 is 0 Å². The SMILES string of the molecule is C=CN1CCC[C@H]1C(=O)N1CCCC1c1nc2ccc(C#Cc3ccc4nc([C@@H]5CCCN5C(=O)[C@@H]5CCCN5C)[nH]c4c3)cc2[nH]1. The molecule has 6 heterocycles. The maximum Gasteiger partial charge on any atom is 0.245 e. The van der Waals surface area contributed by atoms with E-state index in [2.05, 4.69) is 45.2 Å². The number of hydrogen-bond donors (Lipinski definition) is 2. The summed E-state index contributed by atoms with van der Waals surface area (Å²) in [6.45, 7) is 7.33. The fourth-order valence-corrected chi connectivity index (χ4v) is 8.18. The van der Waals surface area contributed by atoms with Gasteiger partial charge in [0.25, 0.3) is 0 Å². The molecule has 0 bridgehead atoms. The lowest BCUT2D eigenvalue weighted by molar-refractivity contribution is -0.137. The molecule has 0 spiro atoms. The number of carbonyl (C=O) groups is 2. The van der Waals surface area contributed by atoms with Crippen LogP contribution in [0.5, 0.6) is 0 Å². The van der Waals surface area contributed by atoms with Gasteiger partial charge in [0.15, 0.2) is 0 Å². The zero-order valence-corrected chi connectivity index (χ0v) is 27.0. The molecule has 242 valence electrons. The van der Waals surface area contributed by atoms with Crippen molar-refractivity contribution < 1.29 is 9.59 Å². The number of nitrogens with one attached hydrogen (secondary N) is 2. The lowest BCUT2D eigenvalue weighted by atomic mass is 10.1. The van der Waals surface area contributed by atoms with Crippen LogP contribution in [0.15, 0.2) is 49.2 Å². The van der Waals surface area contributed by atoms with Crippen molar-refractivity contribution in [3.8, 4) is 11.8 Å². The second-order valence-electron chi connectivity index (χ2n) is 13.6. The molecule has 4 fully saturated rings. The average Bonchev–Trinajstić information content (AvgIpc) is 3.92. The summed E-state index contributed by atoms with van der Waals surface area (Å²) in [5, 5.41) is 0. The van der Waals surface area contributed by atoms with Crippen molar-refractivity contribution in [1.29, 1.82) is 0 Å². The summed E-state index contributed by atoms with van der Waals surface area (Å²) in [6, 6.07) is 11.9. The largest absolute Gasteiger partial charge is 0.366 e. The van der Waals surface area contributed by atoms with Gasteiger partial charge < -0.3 is 24.7 Å². The van der Waals surface area contributed by atoms with Crippen molar-refractivity contribution in [3.05, 3.63) is 72.0 Å². The van der Waals surface area contributed by atoms with E-state index in [-0.39, 0.29) is 36.0 Å². The minimum atomic E-state index is -0.114. The van der Waals surface area contributed by atoms with E-state index in [1.54, 1.807) is 6.20 Å². The van der Waals surface area contributed by atoms with Crippen LogP contribution in [0.2, 0.25) is 0 Å². The number of aromatic amines is 2. The van der Waals surface area contributed by atoms with E-state index in [0.717, 1.165) is 122 Å². The number of rotatable bonds is 5. The fourth-order valence-electron chi connectivity index (χ4n) is 8.18. The van der Waals surface area contributed by atoms with E-state index in [9.17, 15) is 9.59 Å². The maximum atomic E-state index is 13.5. The van der Waals surface area contributed by atoms with Crippen molar-refractivity contribution in [3.63, 3.8) is 0 Å². The molecule has 2 aromatic carbocycles. The van der Waals surface area contributed by atoms with Gasteiger partial charge >= 0.3 is 0 Å². The van der Waals surface area contributed by atoms with Crippen molar-refractivity contribution in [1.82, 2.24) is 39.5 Å². The van der Waals surface area contributed by atoms with E-state index in [0.29, 0.717) is 0 Å². The Labute approximate surface area is 275 Å². The molecule has 10 heteroatoms. The summed E-state index contributed by atoms with van der Waals surface area (Å²) in [5.74, 6) is 8.77. The summed E-state index contributed by atoms with van der Waals surface area (Å²) in [4.78, 5) is 52.0. The highest BCUT2D eigenvalue weighted by molar-refractivity contribution is 5.84. The summed E-state index contributed by atoms with van der Waals surface area (Å²) >= 11 is 0. The highest BCUT2D eigenvalue weighted by Crippen LogP contribution is 2.35. The van der Waals surface area contributed by atoms with Gasteiger partial charge in [0, 0.05) is 30.8 Å². The van der Waals surface area contributed by atoms with Crippen LogP contribution in [-0.2, 0) is 9.59 Å². The number of aromatic nitrogens is 4. The predicted molar refractivity (Wildman–Crippen MR) is 181 cm³/mol. The molecule has 0 saturated carbocycles. The van der Waals surface area contributed by atoms with E-state index in [1.165, 1.54) is 0 Å². The number of benzene rings is 2. The van der Waals surface area contributed by atoms with Gasteiger partial charge in [-0.2, -0.15) is 0 Å². The second-order valence-corrected chi connectivity index (χ2v) is 13.6. The Bertz CT molecular complexity index is 1920. The van der Waals surface area contributed by atoms with Gasteiger partial charge in [0.05, 0.1) is 40.2 Å². The molecule has 47 heavy (non-hydrogen) atoms. The average molecular weight is 631 g/mol. The fraction of sp³-hybridized carbons (Fsp3) is 0.459. The molecule has 10 nitrogen and oxygen atoms in total. The summed E-state index contributed by atoms with van der Waals surface area (Å²) in [6.07, 6.45) is 9.52. The first-order valence-electron chi connectivity index (χ1n) is 17.2. The number of nitrogens with zero attached hydrogens (tertiary/aromatic N) is 6. The molecule has 8 rings (SSSR count). The highest BCUT2D eigenvalue weighted by atomic mass is 16.2. The smallest absolute Gasteiger partial charge is 0.245 e. The highest BCUT2D eigenvalue weighted by Gasteiger charge is 2.40. The lowest BCUT2D eigenvalue weighted by Crippen LogP contribution is -2.44. The Kier molecular flexibility index (Phi) is 7.72. The summed E-state index contributed by atoms with van der Waals surface area (Å²) in [7, 11) is 2.05. The van der Waals surface area contributed by atoms with Crippen LogP contribution in [0.3, 0.4) is 0 Å². The van der Waals surface area contributed by atoms with Crippen LogP contribution >= 0.6 is 0 Å². The molecular formula is C37H42N8O2. The van der Waals surface area contributed by atoms with Gasteiger partial charge in [0.2, 0.25) is 11.8 Å². The Balaban J connectivity index is 0.987. The monoisotopic (exact) mass is 630 g/mol. The minimum Gasteiger partial charge on any atom is -0.366 e. The molecule has 4 aliphatic heterocycles. The predicted octanol–water partition coefficient (Wildman–Crippen LogP) is 4.87. The van der Waals surface area contributed by atoms with Gasteiger partial charge in [-0.05, 0) is 108 Å². The van der Waals surface area contributed by atoms with Crippen LogP contribution in [0.4, 0.5) is 0 Å². The molecule has 4 atom stereocenters. The lowest BCUT2D eigenvalue weighted by Gasteiger charge is -2.30. The third kappa shape index (κ3) is 5.46. The first-order valence-corrected chi connectivity index (χ1v) is 17.2.